The van der Waals surface area contributed by atoms with E-state index in [1.165, 1.54) is 0 Å². The number of ether oxygens (including phenoxy) is 2. The Labute approximate surface area is 371 Å². The number of allylic oxidation sites excluding steroid dienone is 11. The van der Waals surface area contributed by atoms with Crippen LogP contribution >= 0.6 is 7.82 Å². The fraction of sp³-hybridized carbons (Fsp3) is 0.688. The number of esters is 2. The number of hydrogen-bond donors (Lipinski definition) is 5. The highest BCUT2D eigenvalue weighted by Crippen LogP contribution is 2.43. The number of ketones is 1. The molecule has 14 heteroatoms. The molecule has 0 aromatic heterocycles. The van der Waals surface area contributed by atoms with Crippen molar-refractivity contribution in [3.05, 3.63) is 72.9 Å². The highest BCUT2D eigenvalue weighted by Gasteiger charge is 2.39. The lowest BCUT2D eigenvalue weighted by Gasteiger charge is -2.20. The minimum absolute atomic E-state index is 0.0143. The fourth-order valence-electron chi connectivity index (χ4n) is 6.69. The van der Waals surface area contributed by atoms with Crippen LogP contribution in [0.5, 0.6) is 0 Å². The molecule has 13 nitrogen and oxygen atoms in total. The SMILES string of the molecule is CC/C=C\C/C=C\C/C=C\C/C=C\C/C=C\CCCCCC(=O)O[C@H](COC(=O)CCCCCC[C@H]1[C@@H](O)CC(=O)[C@@H]1/C=C/[C@@H](O)CCCCC)COP(=O)(O)OC[C@@H](O)CO. The van der Waals surface area contributed by atoms with E-state index in [2.05, 4.69) is 79.1 Å². The summed E-state index contributed by atoms with van der Waals surface area (Å²) in [5.74, 6) is -1.76. The number of aliphatic hydroxyl groups excluding tert-OH is 4. The van der Waals surface area contributed by atoms with Gasteiger partial charge in [0.1, 0.15) is 18.5 Å². The Morgan fingerprint density at radius 3 is 1.95 bits per heavy atom. The second kappa shape index (κ2) is 37.4. The van der Waals surface area contributed by atoms with Crippen molar-refractivity contribution in [3.63, 3.8) is 0 Å². The van der Waals surface area contributed by atoms with E-state index in [1.807, 2.05) is 0 Å². The summed E-state index contributed by atoms with van der Waals surface area (Å²) in [6, 6.07) is 0. The van der Waals surface area contributed by atoms with Crippen LogP contribution in [-0.2, 0) is 37.5 Å². The van der Waals surface area contributed by atoms with Crippen LogP contribution in [0.25, 0.3) is 0 Å². The second-order valence-electron chi connectivity index (χ2n) is 15.8. The van der Waals surface area contributed by atoms with Crippen molar-refractivity contribution in [3.8, 4) is 0 Å². The van der Waals surface area contributed by atoms with Crippen LogP contribution in [0, 0.1) is 11.8 Å². The summed E-state index contributed by atoms with van der Waals surface area (Å²) >= 11 is 0. The van der Waals surface area contributed by atoms with Gasteiger partial charge in [0.2, 0.25) is 0 Å². The molecule has 0 bridgehead atoms. The number of phosphoric ester groups is 1. The number of carbonyl (C=O) groups is 3. The zero-order chi connectivity index (χ0) is 45.7. The molecular weight excluding hydrogens is 815 g/mol. The molecule has 0 saturated heterocycles. The van der Waals surface area contributed by atoms with Gasteiger partial charge in [-0.05, 0) is 76.5 Å². The van der Waals surface area contributed by atoms with Gasteiger partial charge >= 0.3 is 19.8 Å². The fourth-order valence-corrected chi connectivity index (χ4v) is 7.48. The van der Waals surface area contributed by atoms with Gasteiger partial charge in [-0.25, -0.2) is 4.57 Å². The van der Waals surface area contributed by atoms with Crippen LogP contribution in [0.3, 0.4) is 0 Å². The summed E-state index contributed by atoms with van der Waals surface area (Å²) in [4.78, 5) is 47.8. The Kier molecular flexibility index (Phi) is 34.4. The van der Waals surface area contributed by atoms with Gasteiger partial charge in [-0.1, -0.05) is 132 Å². The van der Waals surface area contributed by atoms with Gasteiger partial charge in [0.05, 0.1) is 32.0 Å². The number of unbranched alkanes of at least 4 members (excludes halogenated alkanes) is 8. The van der Waals surface area contributed by atoms with E-state index in [9.17, 15) is 39.2 Å². The Morgan fingerprint density at radius 1 is 0.742 bits per heavy atom. The Balaban J connectivity index is 2.44. The summed E-state index contributed by atoms with van der Waals surface area (Å²) in [5.41, 5.74) is 0. The lowest BCUT2D eigenvalue weighted by molar-refractivity contribution is -0.161. The molecule has 0 heterocycles. The van der Waals surface area contributed by atoms with Gasteiger partial charge in [-0.3, -0.25) is 23.4 Å². The van der Waals surface area contributed by atoms with Crippen LogP contribution in [0.2, 0.25) is 0 Å². The van der Waals surface area contributed by atoms with Crippen molar-refractivity contribution in [2.75, 3.05) is 26.4 Å². The van der Waals surface area contributed by atoms with Gasteiger partial charge in [-0.15, -0.1) is 0 Å². The molecule has 1 aliphatic carbocycles. The van der Waals surface area contributed by atoms with E-state index in [0.717, 1.165) is 83.5 Å². The van der Waals surface area contributed by atoms with Crippen LogP contribution in [0.1, 0.15) is 149 Å². The highest BCUT2D eigenvalue weighted by molar-refractivity contribution is 7.47. The molecule has 1 fully saturated rings. The van der Waals surface area contributed by atoms with Gasteiger partial charge < -0.3 is 34.8 Å². The van der Waals surface area contributed by atoms with E-state index in [-0.39, 0.29) is 31.0 Å². The molecule has 5 N–H and O–H groups in total. The first-order valence-electron chi connectivity index (χ1n) is 23.0. The average Bonchev–Trinajstić information content (AvgIpc) is 3.52. The number of rotatable bonds is 38. The van der Waals surface area contributed by atoms with Crippen LogP contribution in [0.15, 0.2) is 72.9 Å². The summed E-state index contributed by atoms with van der Waals surface area (Å²) in [5, 5.41) is 39.1. The van der Waals surface area contributed by atoms with Crippen molar-refractivity contribution in [1.82, 2.24) is 0 Å². The minimum atomic E-state index is -4.69. The van der Waals surface area contributed by atoms with Gasteiger partial charge in [0.15, 0.2) is 6.10 Å². The molecule has 1 rings (SSSR count). The van der Waals surface area contributed by atoms with E-state index in [1.54, 1.807) is 12.2 Å². The molecule has 7 atom stereocenters. The zero-order valence-corrected chi connectivity index (χ0v) is 38.4. The van der Waals surface area contributed by atoms with Crippen molar-refractivity contribution in [2.24, 2.45) is 11.8 Å². The number of hydrogen-bond acceptors (Lipinski definition) is 12. The Bertz CT molecular complexity index is 1420. The molecule has 0 amide bonds. The number of carbonyl (C=O) groups excluding carboxylic acids is 3. The van der Waals surface area contributed by atoms with E-state index in [0.29, 0.717) is 32.1 Å². The molecular formula is C48H79O13P. The molecule has 1 unspecified atom stereocenters. The average molecular weight is 895 g/mol. The highest BCUT2D eigenvalue weighted by atomic mass is 31.2. The maximum absolute atomic E-state index is 12.7. The van der Waals surface area contributed by atoms with Crippen molar-refractivity contribution in [2.45, 2.75) is 173 Å². The zero-order valence-electron chi connectivity index (χ0n) is 37.5. The van der Waals surface area contributed by atoms with E-state index in [4.69, 9.17) is 19.1 Å². The summed E-state index contributed by atoms with van der Waals surface area (Å²) in [6.45, 7) is 1.84. The molecule has 0 radical (unpaired) electrons. The largest absolute Gasteiger partial charge is 0.472 e. The summed E-state index contributed by atoms with van der Waals surface area (Å²) in [7, 11) is -4.69. The minimum Gasteiger partial charge on any atom is -0.462 e. The van der Waals surface area contributed by atoms with Crippen molar-refractivity contribution in [1.29, 1.82) is 0 Å². The lowest BCUT2D eigenvalue weighted by Crippen LogP contribution is -2.29. The molecule has 1 aliphatic rings. The third-order valence-electron chi connectivity index (χ3n) is 10.3. The topological polar surface area (TPSA) is 206 Å². The van der Waals surface area contributed by atoms with Gasteiger partial charge in [-0.2, -0.15) is 0 Å². The maximum Gasteiger partial charge on any atom is 0.472 e. The predicted octanol–water partition coefficient (Wildman–Crippen LogP) is 9.03. The third kappa shape index (κ3) is 30.9. The number of aliphatic hydroxyl groups is 4. The monoisotopic (exact) mass is 895 g/mol. The van der Waals surface area contributed by atoms with Crippen LogP contribution in [-0.4, -0.2) is 93.9 Å². The molecule has 0 aromatic rings. The Morgan fingerprint density at radius 2 is 1.32 bits per heavy atom. The quantitative estimate of drug-likeness (QED) is 0.0170. The van der Waals surface area contributed by atoms with Crippen molar-refractivity contribution >= 4 is 25.5 Å². The third-order valence-corrected chi connectivity index (χ3v) is 11.2. The van der Waals surface area contributed by atoms with Crippen LogP contribution < -0.4 is 0 Å². The molecule has 354 valence electrons. The van der Waals surface area contributed by atoms with Crippen LogP contribution in [0.4, 0.5) is 0 Å². The van der Waals surface area contributed by atoms with Gasteiger partial charge in [0.25, 0.3) is 0 Å². The predicted molar refractivity (Wildman–Crippen MR) is 243 cm³/mol. The lowest BCUT2D eigenvalue weighted by atomic mass is 9.88. The first-order valence-corrected chi connectivity index (χ1v) is 24.5. The molecule has 0 spiro atoms. The first-order chi connectivity index (χ1) is 29.9. The number of phosphoric acid groups is 1. The van der Waals surface area contributed by atoms with Gasteiger partial charge in [0, 0.05) is 25.2 Å². The maximum atomic E-state index is 12.7. The molecule has 0 aromatic carbocycles. The Hall–Kier alpha value is -3.00. The first kappa shape index (κ1) is 57.0. The summed E-state index contributed by atoms with van der Waals surface area (Å²) < 4.78 is 32.7. The summed E-state index contributed by atoms with van der Waals surface area (Å²) in [6.07, 6.45) is 36.3. The normalized spacial score (nSPS) is 19.8. The molecule has 1 saturated carbocycles. The van der Waals surface area contributed by atoms with E-state index >= 15 is 0 Å². The second-order valence-corrected chi connectivity index (χ2v) is 17.3. The number of Topliss-reactive ketones (excluding diaryl/α,β-unsaturated/α-hetero) is 1. The smallest absolute Gasteiger partial charge is 0.462 e. The molecule has 0 aliphatic heterocycles. The molecule has 62 heavy (non-hydrogen) atoms. The standard InChI is InChI=1S/C48H79O13P/c1-3-5-7-8-9-10-11-12-13-14-15-16-17-18-19-20-21-22-28-32-48(55)61-42(39-60-62(56,57)59-37-41(51)36-49)38-58-47(54)31-27-24-23-26-30-43-44(46(53)35-45(43)52)34-33-40(50)29-25-6-4-2/h5,7,9-10,12-13,15-16,18-19,33-34,40-45,49-52H,3-4,6,8,11,14,17,20-32,35-39H2,1-2H3,(H,56,57)/b7-5-,10-9-,13-12-,16-15-,19-18-,34-33+/t40-,41-,42+,43+,44+,45-/m0/s1. The van der Waals surface area contributed by atoms with E-state index < -0.39 is 76.5 Å². The van der Waals surface area contributed by atoms with Crippen molar-refractivity contribution < 1.29 is 62.8 Å².